The molecule has 1 aromatic heterocycles. The van der Waals surface area contributed by atoms with Crippen molar-refractivity contribution in [3.63, 3.8) is 0 Å². The maximum atomic E-state index is 13.4. The summed E-state index contributed by atoms with van der Waals surface area (Å²) in [5.74, 6) is 0.162. The van der Waals surface area contributed by atoms with Gasteiger partial charge in [0.1, 0.15) is 11.5 Å². The van der Waals surface area contributed by atoms with Crippen LogP contribution in [0.4, 0.5) is 5.69 Å². The van der Waals surface area contributed by atoms with Gasteiger partial charge in [-0.15, -0.1) is 0 Å². The van der Waals surface area contributed by atoms with Crippen LogP contribution < -0.4 is 5.32 Å². The molecule has 2 aliphatic rings. The molecule has 3 heterocycles. The van der Waals surface area contributed by atoms with Crippen molar-refractivity contribution in [2.75, 3.05) is 11.9 Å². The minimum absolute atomic E-state index is 0.0281. The topological polar surface area (TPSA) is 95.4 Å². The maximum Gasteiger partial charge on any atom is 0.274 e. The van der Waals surface area contributed by atoms with E-state index < -0.39 is 0 Å². The highest BCUT2D eigenvalue weighted by molar-refractivity contribution is 6.04. The Bertz CT molecular complexity index is 986. The van der Waals surface area contributed by atoms with Crippen molar-refractivity contribution in [2.45, 2.75) is 58.5 Å². The highest BCUT2D eigenvalue weighted by atomic mass is 16.3. The van der Waals surface area contributed by atoms with E-state index in [1.807, 2.05) is 24.0 Å². The fourth-order valence-electron chi connectivity index (χ4n) is 5.07. The number of anilines is 1. The summed E-state index contributed by atoms with van der Waals surface area (Å²) in [5, 5.41) is 12.9. The third-order valence-corrected chi connectivity index (χ3v) is 6.85. The summed E-state index contributed by atoms with van der Waals surface area (Å²) in [7, 11) is 0. The second-order valence-electron chi connectivity index (χ2n) is 8.51. The molecular formula is C23H28N4O3. The molecule has 0 aliphatic carbocycles. The predicted molar refractivity (Wildman–Crippen MR) is 113 cm³/mol. The van der Waals surface area contributed by atoms with Gasteiger partial charge in [0, 0.05) is 34.9 Å². The Morgan fingerprint density at radius 2 is 2.07 bits per heavy atom. The molecule has 2 bridgehead atoms. The second-order valence-corrected chi connectivity index (χ2v) is 8.51. The Morgan fingerprint density at radius 3 is 2.73 bits per heavy atom. The molecule has 2 fully saturated rings. The minimum Gasteiger partial charge on any atom is -0.396 e. The zero-order valence-corrected chi connectivity index (χ0v) is 17.7. The number of aliphatic hydroxyl groups is 1. The number of aromatic nitrogens is 2. The molecule has 2 aliphatic heterocycles. The second kappa shape index (κ2) is 7.80. The van der Waals surface area contributed by atoms with Crippen LogP contribution >= 0.6 is 0 Å². The first-order valence-electron chi connectivity index (χ1n) is 10.5. The molecule has 4 rings (SSSR count). The van der Waals surface area contributed by atoms with Crippen LogP contribution in [0.5, 0.6) is 0 Å². The number of fused-ring (bicyclic) bond motifs is 2. The van der Waals surface area contributed by atoms with Gasteiger partial charge < -0.3 is 15.3 Å². The Labute approximate surface area is 176 Å². The number of nitrogens with one attached hydrogen (secondary N) is 1. The zero-order chi connectivity index (χ0) is 21.5. The molecule has 7 nitrogen and oxygen atoms in total. The molecule has 2 aromatic rings. The molecule has 7 heteroatoms. The first-order chi connectivity index (χ1) is 14.4. The molecule has 1 aromatic carbocycles. The summed E-state index contributed by atoms with van der Waals surface area (Å²) in [6.07, 6.45) is 5.20. The number of benzene rings is 1. The summed E-state index contributed by atoms with van der Waals surface area (Å²) >= 11 is 0. The van der Waals surface area contributed by atoms with Crippen LogP contribution in [0.25, 0.3) is 0 Å². The first-order valence-corrected chi connectivity index (χ1v) is 10.5. The average Bonchev–Trinajstić information content (AvgIpc) is 3.31. The van der Waals surface area contributed by atoms with Crippen LogP contribution in [0.2, 0.25) is 0 Å². The number of rotatable bonds is 5. The molecule has 2 N–H and O–H groups in total. The quantitative estimate of drug-likeness (QED) is 0.793. The molecule has 0 saturated carbocycles. The van der Waals surface area contributed by atoms with Gasteiger partial charge in [-0.1, -0.05) is 13.0 Å². The fraction of sp³-hybridized carbons (Fsp3) is 0.478. The van der Waals surface area contributed by atoms with E-state index in [-0.39, 0.29) is 41.6 Å². The van der Waals surface area contributed by atoms with Gasteiger partial charge in [0.05, 0.1) is 6.61 Å². The van der Waals surface area contributed by atoms with Gasteiger partial charge >= 0.3 is 0 Å². The largest absolute Gasteiger partial charge is 0.396 e. The van der Waals surface area contributed by atoms with Gasteiger partial charge in [0.2, 0.25) is 0 Å². The number of aliphatic hydroxyl groups excluding tert-OH is 1. The number of nitrogens with zero attached hydrogens (tertiary/aromatic N) is 3. The van der Waals surface area contributed by atoms with E-state index in [0.29, 0.717) is 17.1 Å². The van der Waals surface area contributed by atoms with E-state index in [1.54, 1.807) is 25.3 Å². The number of aryl methyl sites for hydroxylation is 2. The standard InChI is InChI=1S/C23H28N4O3/c1-4-23(13-28)12-17-7-8-20(23)27(17)22(30)16-6-5-14(2)19(11-16)26-21(29)18-9-10-24-15(3)25-18/h5-6,9-11,17,20,28H,4,7-8,12-13H2,1-3H3,(H,26,29)/t17-,20+,23-/m1/s1. The number of carbonyl (C=O) groups excluding carboxylic acids is 2. The van der Waals surface area contributed by atoms with E-state index in [9.17, 15) is 14.7 Å². The lowest BCUT2D eigenvalue weighted by atomic mass is 9.72. The van der Waals surface area contributed by atoms with Crippen LogP contribution in [-0.4, -0.2) is 50.5 Å². The summed E-state index contributed by atoms with van der Waals surface area (Å²) in [6.45, 7) is 5.83. The minimum atomic E-state index is -0.334. The van der Waals surface area contributed by atoms with Crippen molar-refractivity contribution >= 4 is 17.5 Å². The molecule has 0 radical (unpaired) electrons. The first kappa shape index (κ1) is 20.5. The molecule has 158 valence electrons. The fourth-order valence-corrected chi connectivity index (χ4v) is 5.07. The van der Waals surface area contributed by atoms with Crippen LogP contribution in [0, 0.1) is 19.3 Å². The van der Waals surface area contributed by atoms with E-state index >= 15 is 0 Å². The third kappa shape index (κ3) is 3.37. The summed E-state index contributed by atoms with van der Waals surface area (Å²) in [6, 6.07) is 7.23. The van der Waals surface area contributed by atoms with Gasteiger partial charge in [-0.3, -0.25) is 9.59 Å². The molecule has 3 atom stereocenters. The van der Waals surface area contributed by atoms with Crippen LogP contribution in [-0.2, 0) is 0 Å². The Balaban J connectivity index is 1.58. The van der Waals surface area contributed by atoms with E-state index in [0.717, 1.165) is 31.2 Å². The molecule has 0 spiro atoms. The van der Waals surface area contributed by atoms with Crippen molar-refractivity contribution in [1.82, 2.24) is 14.9 Å². The van der Waals surface area contributed by atoms with Crippen molar-refractivity contribution in [3.05, 3.63) is 53.1 Å². The number of hydrogen-bond acceptors (Lipinski definition) is 5. The smallest absolute Gasteiger partial charge is 0.274 e. The summed E-state index contributed by atoms with van der Waals surface area (Å²) in [4.78, 5) is 36.2. The number of carbonyl (C=O) groups is 2. The highest BCUT2D eigenvalue weighted by Crippen LogP contribution is 2.51. The van der Waals surface area contributed by atoms with Gasteiger partial charge in [-0.25, -0.2) is 9.97 Å². The summed E-state index contributed by atoms with van der Waals surface area (Å²) < 4.78 is 0. The lowest BCUT2D eigenvalue weighted by molar-refractivity contribution is 0.0557. The normalized spacial score (nSPS) is 24.9. The maximum absolute atomic E-state index is 13.4. The lowest BCUT2D eigenvalue weighted by Crippen LogP contribution is -2.42. The Hall–Kier alpha value is -2.80. The monoisotopic (exact) mass is 408 g/mol. The lowest BCUT2D eigenvalue weighted by Gasteiger charge is -2.34. The van der Waals surface area contributed by atoms with Crippen LogP contribution in [0.1, 0.15) is 64.8 Å². The van der Waals surface area contributed by atoms with Crippen molar-refractivity contribution in [3.8, 4) is 0 Å². The number of amides is 2. The zero-order valence-electron chi connectivity index (χ0n) is 17.7. The van der Waals surface area contributed by atoms with Gasteiger partial charge in [-0.05, 0) is 63.3 Å². The Kier molecular flexibility index (Phi) is 5.32. The molecular weight excluding hydrogens is 380 g/mol. The van der Waals surface area contributed by atoms with Gasteiger partial charge in [0.15, 0.2) is 0 Å². The van der Waals surface area contributed by atoms with Gasteiger partial charge in [-0.2, -0.15) is 0 Å². The molecule has 30 heavy (non-hydrogen) atoms. The molecule has 2 saturated heterocycles. The molecule has 0 unspecified atom stereocenters. The Morgan fingerprint density at radius 1 is 1.27 bits per heavy atom. The summed E-state index contributed by atoms with van der Waals surface area (Å²) in [5.41, 5.74) is 2.11. The number of hydrogen-bond donors (Lipinski definition) is 2. The van der Waals surface area contributed by atoms with Gasteiger partial charge in [0.25, 0.3) is 11.8 Å². The van der Waals surface area contributed by atoms with Crippen molar-refractivity contribution in [1.29, 1.82) is 0 Å². The van der Waals surface area contributed by atoms with E-state index in [1.165, 1.54) is 0 Å². The highest BCUT2D eigenvalue weighted by Gasteiger charge is 2.56. The SMILES string of the molecule is CC[C@]1(CO)C[C@H]2CC[C@@H]1N2C(=O)c1ccc(C)c(NC(=O)c2ccnc(C)n2)c1. The van der Waals surface area contributed by atoms with Crippen molar-refractivity contribution in [2.24, 2.45) is 5.41 Å². The average molecular weight is 409 g/mol. The van der Waals surface area contributed by atoms with E-state index in [4.69, 9.17) is 0 Å². The molecule has 2 amide bonds. The van der Waals surface area contributed by atoms with Crippen LogP contribution in [0.3, 0.4) is 0 Å². The van der Waals surface area contributed by atoms with Crippen molar-refractivity contribution < 1.29 is 14.7 Å². The third-order valence-electron chi connectivity index (χ3n) is 6.85. The van der Waals surface area contributed by atoms with E-state index in [2.05, 4.69) is 22.2 Å². The van der Waals surface area contributed by atoms with Crippen LogP contribution in [0.15, 0.2) is 30.5 Å². The predicted octanol–water partition coefficient (Wildman–Crippen LogP) is 3.11.